The molecule has 6 aromatic carbocycles. The van der Waals surface area contributed by atoms with Gasteiger partial charge >= 0.3 is 0 Å². The Morgan fingerprint density at radius 3 is 1.67 bits per heavy atom. The first-order valence-electron chi connectivity index (χ1n) is 11.2. The lowest BCUT2D eigenvalue weighted by Crippen LogP contribution is -1.86. The Bertz CT molecular complexity index is 1560. The molecule has 1 nitrogen and oxygen atoms in total. The second-order valence-electron chi connectivity index (χ2n) is 8.24. The molecule has 0 bridgehead atoms. The smallest absolute Gasteiger partial charge is 0.135 e. The summed E-state index contributed by atoms with van der Waals surface area (Å²) in [5.74, 6) is 1.71. The predicted octanol–water partition coefficient (Wildman–Crippen LogP) is 9.12. The third kappa shape index (κ3) is 3.86. The fourth-order valence-corrected chi connectivity index (χ4v) is 4.35. The van der Waals surface area contributed by atoms with Gasteiger partial charge in [0.2, 0.25) is 0 Å². The maximum Gasteiger partial charge on any atom is 0.135 e. The fourth-order valence-electron chi connectivity index (χ4n) is 4.35. The third-order valence-electron chi connectivity index (χ3n) is 6.13. The van der Waals surface area contributed by atoms with Crippen LogP contribution in [0.2, 0.25) is 0 Å². The average molecular weight is 423 g/mol. The van der Waals surface area contributed by atoms with E-state index in [2.05, 4.69) is 97.1 Å². The number of benzene rings is 6. The molecule has 0 amide bonds. The molecule has 156 valence electrons. The monoisotopic (exact) mass is 422 g/mol. The van der Waals surface area contributed by atoms with Gasteiger partial charge in [0.15, 0.2) is 0 Å². The zero-order valence-electron chi connectivity index (χ0n) is 18.1. The van der Waals surface area contributed by atoms with Crippen molar-refractivity contribution in [2.24, 2.45) is 0 Å². The Kier molecular flexibility index (Phi) is 4.86. The molecule has 0 unspecified atom stereocenters. The molecule has 0 fully saturated rings. The van der Waals surface area contributed by atoms with Gasteiger partial charge in [-0.05, 0) is 62.7 Å². The van der Waals surface area contributed by atoms with E-state index in [9.17, 15) is 0 Å². The lowest BCUT2D eigenvalue weighted by Gasteiger charge is -2.10. The second-order valence-corrected chi connectivity index (χ2v) is 8.24. The van der Waals surface area contributed by atoms with E-state index >= 15 is 0 Å². The molecule has 0 N–H and O–H groups in total. The Morgan fingerprint density at radius 1 is 0.364 bits per heavy atom. The van der Waals surface area contributed by atoms with E-state index in [0.29, 0.717) is 0 Å². The van der Waals surface area contributed by atoms with Crippen LogP contribution in [0.1, 0.15) is 0 Å². The molecular weight excluding hydrogens is 400 g/mol. The summed E-state index contributed by atoms with van der Waals surface area (Å²) in [7, 11) is 0. The number of rotatable bonds is 4. The first-order chi connectivity index (χ1) is 16.3. The Hall–Kier alpha value is -4.36. The summed E-state index contributed by atoms with van der Waals surface area (Å²) in [6, 6.07) is 46.6. The van der Waals surface area contributed by atoms with Crippen molar-refractivity contribution in [2.45, 2.75) is 0 Å². The minimum Gasteiger partial charge on any atom is -0.457 e. The highest BCUT2D eigenvalue weighted by atomic mass is 16.5. The number of ether oxygens (including phenoxy) is 1. The predicted molar refractivity (Wildman–Crippen MR) is 139 cm³/mol. The quantitative estimate of drug-likeness (QED) is 0.275. The van der Waals surface area contributed by atoms with Crippen LogP contribution in [0.3, 0.4) is 0 Å². The number of hydrogen-bond acceptors (Lipinski definition) is 1. The molecule has 0 aliphatic rings. The SMILES string of the molecule is c1ccc2cc(-c3ccc(-c4ccc(Oc5cccc6ccccc56)cc4)cc3)ccc2c1. The van der Waals surface area contributed by atoms with Gasteiger partial charge in [0.25, 0.3) is 0 Å². The van der Waals surface area contributed by atoms with E-state index in [1.165, 1.54) is 38.4 Å². The van der Waals surface area contributed by atoms with Crippen LogP contribution in [0, 0.1) is 0 Å². The number of hydrogen-bond donors (Lipinski definition) is 0. The van der Waals surface area contributed by atoms with E-state index < -0.39 is 0 Å². The summed E-state index contributed by atoms with van der Waals surface area (Å²) in [5, 5.41) is 4.83. The van der Waals surface area contributed by atoms with Crippen LogP contribution in [-0.4, -0.2) is 0 Å². The average Bonchev–Trinajstić information content (AvgIpc) is 2.89. The van der Waals surface area contributed by atoms with Crippen LogP contribution in [0.25, 0.3) is 43.8 Å². The molecule has 0 saturated carbocycles. The molecule has 0 aliphatic carbocycles. The summed E-state index contributed by atoms with van der Waals surface area (Å²) < 4.78 is 6.19. The van der Waals surface area contributed by atoms with Crippen molar-refractivity contribution in [3.63, 3.8) is 0 Å². The third-order valence-corrected chi connectivity index (χ3v) is 6.13. The topological polar surface area (TPSA) is 9.23 Å². The van der Waals surface area contributed by atoms with Crippen molar-refractivity contribution in [1.29, 1.82) is 0 Å². The van der Waals surface area contributed by atoms with Crippen LogP contribution in [-0.2, 0) is 0 Å². The highest BCUT2D eigenvalue weighted by Gasteiger charge is 2.05. The molecule has 6 aromatic rings. The van der Waals surface area contributed by atoms with Gasteiger partial charge in [-0.3, -0.25) is 0 Å². The van der Waals surface area contributed by atoms with Crippen molar-refractivity contribution in [3.05, 3.63) is 133 Å². The molecule has 6 rings (SSSR count). The molecule has 0 aliphatic heterocycles. The first-order valence-corrected chi connectivity index (χ1v) is 11.2. The molecule has 1 heteroatoms. The maximum atomic E-state index is 6.19. The van der Waals surface area contributed by atoms with Crippen LogP contribution in [0.15, 0.2) is 133 Å². The van der Waals surface area contributed by atoms with E-state index in [0.717, 1.165) is 16.9 Å². The lowest BCUT2D eigenvalue weighted by molar-refractivity contribution is 0.488. The molecule has 0 radical (unpaired) electrons. The fraction of sp³-hybridized carbons (Fsp3) is 0. The van der Waals surface area contributed by atoms with Crippen molar-refractivity contribution < 1.29 is 4.74 Å². The Morgan fingerprint density at radius 2 is 0.909 bits per heavy atom. The normalized spacial score (nSPS) is 11.0. The van der Waals surface area contributed by atoms with E-state index in [-0.39, 0.29) is 0 Å². The summed E-state index contributed by atoms with van der Waals surface area (Å²) in [5.41, 5.74) is 4.82. The number of fused-ring (bicyclic) bond motifs is 2. The van der Waals surface area contributed by atoms with Crippen LogP contribution < -0.4 is 4.74 Å². The maximum absolute atomic E-state index is 6.19. The molecular formula is C32H22O. The lowest BCUT2D eigenvalue weighted by atomic mass is 9.98. The van der Waals surface area contributed by atoms with Gasteiger partial charge in [-0.25, -0.2) is 0 Å². The largest absolute Gasteiger partial charge is 0.457 e. The molecule has 0 saturated heterocycles. The summed E-state index contributed by atoms with van der Waals surface area (Å²) in [6.45, 7) is 0. The summed E-state index contributed by atoms with van der Waals surface area (Å²) in [6.07, 6.45) is 0. The highest BCUT2D eigenvalue weighted by Crippen LogP contribution is 2.32. The van der Waals surface area contributed by atoms with Gasteiger partial charge in [0.1, 0.15) is 11.5 Å². The van der Waals surface area contributed by atoms with Gasteiger partial charge in [0.05, 0.1) is 0 Å². The summed E-state index contributed by atoms with van der Waals surface area (Å²) in [4.78, 5) is 0. The molecule has 0 heterocycles. The Balaban J connectivity index is 1.23. The zero-order chi connectivity index (χ0) is 22.0. The van der Waals surface area contributed by atoms with Crippen molar-refractivity contribution in [1.82, 2.24) is 0 Å². The van der Waals surface area contributed by atoms with Gasteiger partial charge in [-0.15, -0.1) is 0 Å². The van der Waals surface area contributed by atoms with Gasteiger partial charge in [-0.1, -0.05) is 109 Å². The van der Waals surface area contributed by atoms with Gasteiger partial charge < -0.3 is 4.74 Å². The van der Waals surface area contributed by atoms with Gasteiger partial charge in [0, 0.05) is 5.39 Å². The van der Waals surface area contributed by atoms with E-state index in [1.807, 2.05) is 36.4 Å². The zero-order valence-corrected chi connectivity index (χ0v) is 18.1. The van der Waals surface area contributed by atoms with Crippen LogP contribution >= 0.6 is 0 Å². The van der Waals surface area contributed by atoms with Crippen LogP contribution in [0.5, 0.6) is 11.5 Å². The van der Waals surface area contributed by atoms with Crippen LogP contribution in [0.4, 0.5) is 0 Å². The molecule has 33 heavy (non-hydrogen) atoms. The second kappa shape index (κ2) is 8.29. The highest BCUT2D eigenvalue weighted by molar-refractivity contribution is 5.89. The molecule has 0 atom stereocenters. The van der Waals surface area contributed by atoms with E-state index in [4.69, 9.17) is 4.74 Å². The molecule has 0 spiro atoms. The van der Waals surface area contributed by atoms with Gasteiger partial charge in [-0.2, -0.15) is 0 Å². The van der Waals surface area contributed by atoms with Crippen molar-refractivity contribution in [2.75, 3.05) is 0 Å². The first kappa shape index (κ1) is 19.3. The van der Waals surface area contributed by atoms with E-state index in [1.54, 1.807) is 0 Å². The molecule has 0 aromatic heterocycles. The standard InChI is InChI=1S/C32H22O/c1-2-8-28-22-29(17-16-23(28)6-1)26-14-12-24(13-15-26)25-18-20-30(21-19-25)33-32-11-5-9-27-7-3-4-10-31(27)32/h1-22H. The van der Waals surface area contributed by atoms with Crippen molar-refractivity contribution in [3.8, 4) is 33.8 Å². The minimum absolute atomic E-state index is 0.836. The minimum atomic E-state index is 0.836. The van der Waals surface area contributed by atoms with Crippen molar-refractivity contribution >= 4 is 21.5 Å². The Labute approximate surface area is 193 Å². The summed E-state index contributed by atoms with van der Waals surface area (Å²) >= 11 is 0.